The number of carbonyl (C=O) groups excluding carboxylic acids is 1. The van der Waals surface area contributed by atoms with Crippen molar-refractivity contribution in [3.63, 3.8) is 0 Å². The molecule has 2 aromatic carbocycles. The summed E-state index contributed by atoms with van der Waals surface area (Å²) in [5, 5.41) is 0.640. The van der Waals surface area contributed by atoms with Crippen LogP contribution < -0.4 is 4.74 Å². The van der Waals surface area contributed by atoms with Crippen LogP contribution in [0.1, 0.15) is 49.4 Å². The number of benzene rings is 2. The van der Waals surface area contributed by atoms with Crippen LogP contribution >= 0.6 is 15.9 Å². The van der Waals surface area contributed by atoms with Gasteiger partial charge in [-0.1, -0.05) is 32.9 Å². The lowest BCUT2D eigenvalue weighted by Crippen LogP contribution is -2.16. The van der Waals surface area contributed by atoms with Crippen molar-refractivity contribution in [2.45, 2.75) is 39.7 Å². The zero-order valence-corrected chi connectivity index (χ0v) is 17.9. The SMILES string of the molecule is CCOC(=O)c1c(C(C)(C)C)oc2cc(Br)c(OCc3ccc(F)cc3)cc12. The topological polar surface area (TPSA) is 48.7 Å². The van der Waals surface area contributed by atoms with Crippen LogP contribution in [0.15, 0.2) is 45.3 Å². The summed E-state index contributed by atoms with van der Waals surface area (Å²) in [5.41, 5.74) is 1.46. The van der Waals surface area contributed by atoms with Gasteiger partial charge in [-0.2, -0.15) is 0 Å². The molecule has 0 spiro atoms. The molecular formula is C22H22BrFO4. The number of carbonyl (C=O) groups is 1. The number of furan rings is 1. The van der Waals surface area contributed by atoms with Crippen molar-refractivity contribution < 1.29 is 23.1 Å². The molecule has 148 valence electrons. The smallest absolute Gasteiger partial charge is 0.342 e. The van der Waals surface area contributed by atoms with Gasteiger partial charge in [-0.3, -0.25) is 0 Å². The monoisotopic (exact) mass is 448 g/mol. The first-order valence-electron chi connectivity index (χ1n) is 9.01. The summed E-state index contributed by atoms with van der Waals surface area (Å²) in [5.74, 6) is 0.420. The Kier molecular flexibility index (Phi) is 5.79. The quantitative estimate of drug-likeness (QED) is 0.424. The maximum absolute atomic E-state index is 13.1. The van der Waals surface area contributed by atoms with Gasteiger partial charge in [0.25, 0.3) is 0 Å². The van der Waals surface area contributed by atoms with Gasteiger partial charge >= 0.3 is 5.97 Å². The summed E-state index contributed by atoms with van der Waals surface area (Å²) in [6, 6.07) is 9.67. The molecule has 0 aliphatic heterocycles. The summed E-state index contributed by atoms with van der Waals surface area (Å²) in [7, 11) is 0. The Morgan fingerprint density at radius 3 is 2.46 bits per heavy atom. The van der Waals surface area contributed by atoms with E-state index in [0.717, 1.165) is 5.56 Å². The van der Waals surface area contributed by atoms with E-state index in [2.05, 4.69) is 15.9 Å². The average Bonchev–Trinajstić information content (AvgIpc) is 3.00. The van der Waals surface area contributed by atoms with Gasteiger partial charge in [-0.25, -0.2) is 9.18 Å². The summed E-state index contributed by atoms with van der Waals surface area (Å²) in [6.45, 7) is 8.25. The van der Waals surface area contributed by atoms with Crippen molar-refractivity contribution in [1.82, 2.24) is 0 Å². The number of hydrogen-bond donors (Lipinski definition) is 0. The van der Waals surface area contributed by atoms with Crippen molar-refractivity contribution in [2.24, 2.45) is 0 Å². The fourth-order valence-corrected chi connectivity index (χ4v) is 3.32. The van der Waals surface area contributed by atoms with Gasteiger partial charge < -0.3 is 13.9 Å². The molecule has 0 fully saturated rings. The van der Waals surface area contributed by atoms with Crippen molar-refractivity contribution in [2.75, 3.05) is 6.61 Å². The highest BCUT2D eigenvalue weighted by Crippen LogP contribution is 2.39. The lowest BCUT2D eigenvalue weighted by atomic mass is 9.89. The molecule has 0 radical (unpaired) electrons. The van der Waals surface area contributed by atoms with Crippen LogP contribution in [0.4, 0.5) is 4.39 Å². The van der Waals surface area contributed by atoms with Crippen LogP contribution in [-0.4, -0.2) is 12.6 Å². The summed E-state index contributed by atoms with van der Waals surface area (Å²) in [6.07, 6.45) is 0. The Hall–Kier alpha value is -2.34. The molecule has 0 aliphatic rings. The maximum Gasteiger partial charge on any atom is 0.342 e. The lowest BCUT2D eigenvalue weighted by Gasteiger charge is -2.16. The Morgan fingerprint density at radius 1 is 1.18 bits per heavy atom. The van der Waals surface area contributed by atoms with E-state index >= 15 is 0 Å². The summed E-state index contributed by atoms with van der Waals surface area (Å²) in [4.78, 5) is 12.6. The average molecular weight is 449 g/mol. The van der Waals surface area contributed by atoms with Crippen LogP contribution in [0, 0.1) is 5.82 Å². The van der Waals surface area contributed by atoms with Gasteiger partial charge in [-0.15, -0.1) is 0 Å². The molecule has 0 N–H and O–H groups in total. The number of ether oxygens (including phenoxy) is 2. The van der Waals surface area contributed by atoms with E-state index in [1.54, 1.807) is 31.2 Å². The second-order valence-electron chi connectivity index (χ2n) is 7.47. The van der Waals surface area contributed by atoms with Gasteiger partial charge in [-0.05, 0) is 52.7 Å². The minimum absolute atomic E-state index is 0.267. The van der Waals surface area contributed by atoms with Crippen LogP contribution in [0.25, 0.3) is 11.0 Å². The number of halogens is 2. The highest BCUT2D eigenvalue weighted by molar-refractivity contribution is 9.10. The van der Waals surface area contributed by atoms with Gasteiger partial charge in [0.15, 0.2) is 0 Å². The van der Waals surface area contributed by atoms with E-state index < -0.39 is 5.97 Å². The van der Waals surface area contributed by atoms with Gasteiger partial charge in [0, 0.05) is 10.8 Å². The summed E-state index contributed by atoms with van der Waals surface area (Å²) >= 11 is 3.49. The fraction of sp³-hybridized carbons (Fsp3) is 0.318. The first kappa shape index (κ1) is 20.4. The Morgan fingerprint density at radius 2 is 1.86 bits per heavy atom. The number of esters is 1. The molecule has 1 aromatic heterocycles. The van der Waals surface area contributed by atoms with Gasteiger partial charge in [0.2, 0.25) is 0 Å². The number of rotatable bonds is 5. The molecule has 4 nitrogen and oxygen atoms in total. The largest absolute Gasteiger partial charge is 0.488 e. The third-order valence-corrected chi connectivity index (χ3v) is 4.83. The van der Waals surface area contributed by atoms with Crippen molar-refractivity contribution in [3.05, 3.63) is 63.6 Å². The molecule has 6 heteroatoms. The second kappa shape index (κ2) is 7.95. The Labute approximate surface area is 171 Å². The zero-order valence-electron chi connectivity index (χ0n) is 16.3. The number of fused-ring (bicyclic) bond motifs is 1. The molecule has 0 bridgehead atoms. The van der Waals surface area contributed by atoms with Crippen molar-refractivity contribution in [1.29, 1.82) is 0 Å². The van der Waals surface area contributed by atoms with E-state index in [4.69, 9.17) is 13.9 Å². The maximum atomic E-state index is 13.1. The predicted molar refractivity (Wildman–Crippen MR) is 109 cm³/mol. The molecule has 28 heavy (non-hydrogen) atoms. The second-order valence-corrected chi connectivity index (χ2v) is 8.32. The normalized spacial score (nSPS) is 11.6. The molecule has 0 saturated carbocycles. The third-order valence-electron chi connectivity index (χ3n) is 4.21. The standard InChI is InChI=1S/C22H22BrFO4/c1-5-26-21(25)19-15-10-18(27-12-13-6-8-14(24)9-7-13)16(23)11-17(15)28-20(19)22(2,3)4/h6-11H,5,12H2,1-4H3. The van der Waals surface area contributed by atoms with Crippen LogP contribution in [0.5, 0.6) is 5.75 Å². The van der Waals surface area contributed by atoms with E-state index in [1.807, 2.05) is 20.8 Å². The van der Waals surface area contributed by atoms with E-state index in [-0.39, 0.29) is 24.4 Å². The minimum Gasteiger partial charge on any atom is -0.488 e. The predicted octanol–water partition coefficient (Wildman–Crippen LogP) is 6.39. The van der Waals surface area contributed by atoms with Crippen LogP contribution in [-0.2, 0) is 16.8 Å². The van der Waals surface area contributed by atoms with E-state index in [1.165, 1.54) is 12.1 Å². The highest BCUT2D eigenvalue weighted by Gasteiger charge is 2.30. The molecular weight excluding hydrogens is 427 g/mol. The van der Waals surface area contributed by atoms with Crippen LogP contribution in [0.2, 0.25) is 0 Å². The van der Waals surface area contributed by atoms with Gasteiger partial charge in [0.1, 0.15) is 35.1 Å². The Balaban J connectivity index is 2.03. The Bertz CT molecular complexity index is 1000. The lowest BCUT2D eigenvalue weighted by molar-refractivity contribution is 0.0523. The van der Waals surface area contributed by atoms with Crippen molar-refractivity contribution in [3.8, 4) is 5.75 Å². The molecule has 0 atom stereocenters. The zero-order chi connectivity index (χ0) is 20.5. The van der Waals surface area contributed by atoms with E-state index in [9.17, 15) is 9.18 Å². The highest BCUT2D eigenvalue weighted by atomic mass is 79.9. The molecule has 0 unspecified atom stereocenters. The molecule has 1 heterocycles. The first-order valence-corrected chi connectivity index (χ1v) is 9.81. The molecule has 3 aromatic rings. The molecule has 0 saturated heterocycles. The summed E-state index contributed by atoms with van der Waals surface area (Å²) < 4.78 is 30.9. The minimum atomic E-state index is -0.419. The number of hydrogen-bond acceptors (Lipinski definition) is 4. The first-order chi connectivity index (χ1) is 13.2. The van der Waals surface area contributed by atoms with Crippen molar-refractivity contribution >= 4 is 32.9 Å². The third kappa shape index (κ3) is 4.22. The van der Waals surface area contributed by atoms with E-state index in [0.29, 0.717) is 32.5 Å². The van der Waals surface area contributed by atoms with Crippen LogP contribution in [0.3, 0.4) is 0 Å². The molecule has 3 rings (SSSR count). The fourth-order valence-electron chi connectivity index (χ4n) is 2.88. The van der Waals surface area contributed by atoms with Gasteiger partial charge in [0.05, 0.1) is 11.1 Å². The molecule has 0 aliphatic carbocycles. The molecule has 0 amide bonds.